The van der Waals surface area contributed by atoms with Crippen molar-refractivity contribution in [2.75, 3.05) is 0 Å². The molecule has 0 aliphatic carbocycles. The Morgan fingerprint density at radius 1 is 0.750 bits per heavy atom. The van der Waals surface area contributed by atoms with Crippen LogP contribution in [0.2, 0.25) is 0 Å². The van der Waals surface area contributed by atoms with Gasteiger partial charge in [0, 0.05) is 13.0 Å². The third kappa shape index (κ3) is 32.2. The van der Waals surface area contributed by atoms with Crippen LogP contribution in [0.15, 0.2) is 36.5 Å². The highest BCUT2D eigenvalue weighted by Crippen LogP contribution is 2.10. The number of rotatable bonds is 13. The van der Waals surface area contributed by atoms with Crippen molar-refractivity contribution in [1.82, 2.24) is 0 Å². The Morgan fingerprint density at radius 3 is 1.71 bits per heavy atom. The summed E-state index contributed by atoms with van der Waals surface area (Å²) in [6, 6.07) is 0. The standard InChI is InChI=1S/C18H30O2.C2H4O2/c1-2-3-4-5-6-7-8-9-10-11-12-13-14-15-16-17-18(19)20;1-2(3)4/h12-17H,2-11H2,1H3,(H,19,20);1H3,(H,3,4). The van der Waals surface area contributed by atoms with E-state index in [0.717, 1.165) is 19.4 Å². The molecule has 0 aliphatic rings. The molecule has 0 heterocycles. The van der Waals surface area contributed by atoms with Gasteiger partial charge in [0.05, 0.1) is 0 Å². The Hall–Kier alpha value is -1.84. The number of allylic oxidation sites excluding steroid dienone is 5. The van der Waals surface area contributed by atoms with Crippen molar-refractivity contribution in [3.05, 3.63) is 36.5 Å². The molecule has 4 nitrogen and oxygen atoms in total. The highest BCUT2D eigenvalue weighted by molar-refractivity contribution is 5.80. The van der Waals surface area contributed by atoms with Gasteiger partial charge in [-0.1, -0.05) is 88.7 Å². The van der Waals surface area contributed by atoms with Crippen molar-refractivity contribution in [1.29, 1.82) is 0 Å². The lowest BCUT2D eigenvalue weighted by atomic mass is 10.1. The highest BCUT2D eigenvalue weighted by atomic mass is 16.4. The first kappa shape index (κ1) is 24.4. The predicted octanol–water partition coefficient (Wildman–Crippen LogP) is 5.75. The number of hydrogen-bond acceptors (Lipinski definition) is 2. The zero-order valence-corrected chi connectivity index (χ0v) is 15.2. The molecule has 0 fully saturated rings. The molecule has 0 unspecified atom stereocenters. The van der Waals surface area contributed by atoms with E-state index in [-0.39, 0.29) is 0 Å². The minimum Gasteiger partial charge on any atom is -0.481 e. The van der Waals surface area contributed by atoms with E-state index in [0.29, 0.717) is 0 Å². The van der Waals surface area contributed by atoms with E-state index in [1.165, 1.54) is 63.9 Å². The monoisotopic (exact) mass is 338 g/mol. The Balaban J connectivity index is 0. The molecule has 0 atom stereocenters. The van der Waals surface area contributed by atoms with E-state index in [9.17, 15) is 4.79 Å². The van der Waals surface area contributed by atoms with E-state index in [2.05, 4.69) is 13.0 Å². The van der Waals surface area contributed by atoms with Gasteiger partial charge >= 0.3 is 5.97 Å². The van der Waals surface area contributed by atoms with E-state index in [1.807, 2.05) is 12.2 Å². The molecule has 0 amide bonds. The lowest BCUT2D eigenvalue weighted by Crippen LogP contribution is -1.84. The molecule has 0 bridgehead atoms. The number of carboxylic acids is 2. The maximum absolute atomic E-state index is 10.2. The number of unbranched alkanes of at least 4 members (excludes halogenated alkanes) is 9. The Bertz CT molecular complexity index is 377. The van der Waals surface area contributed by atoms with Gasteiger partial charge in [0.2, 0.25) is 0 Å². The van der Waals surface area contributed by atoms with Crippen LogP contribution in [-0.2, 0) is 9.59 Å². The van der Waals surface area contributed by atoms with Crippen LogP contribution >= 0.6 is 0 Å². The third-order valence-electron chi connectivity index (χ3n) is 3.18. The van der Waals surface area contributed by atoms with Crippen molar-refractivity contribution in [3.63, 3.8) is 0 Å². The zero-order valence-electron chi connectivity index (χ0n) is 15.2. The van der Waals surface area contributed by atoms with Crippen LogP contribution < -0.4 is 0 Å². The molecule has 0 aliphatic heterocycles. The van der Waals surface area contributed by atoms with Crippen LogP contribution in [0.5, 0.6) is 0 Å². The molecule has 24 heavy (non-hydrogen) atoms. The molecule has 0 spiro atoms. The molecule has 2 N–H and O–H groups in total. The summed E-state index contributed by atoms with van der Waals surface area (Å²) in [6.07, 6.45) is 23.7. The van der Waals surface area contributed by atoms with Crippen LogP contribution in [0.1, 0.15) is 78.1 Å². The lowest BCUT2D eigenvalue weighted by molar-refractivity contribution is -0.134. The molecule has 0 saturated carbocycles. The Morgan fingerprint density at radius 2 is 1.21 bits per heavy atom. The average molecular weight is 338 g/mol. The second-order valence-corrected chi connectivity index (χ2v) is 5.65. The van der Waals surface area contributed by atoms with Crippen molar-refractivity contribution < 1.29 is 19.8 Å². The van der Waals surface area contributed by atoms with Crippen LogP contribution in [0.25, 0.3) is 0 Å². The van der Waals surface area contributed by atoms with Gasteiger partial charge in [-0.3, -0.25) is 4.79 Å². The molecular weight excluding hydrogens is 304 g/mol. The summed E-state index contributed by atoms with van der Waals surface area (Å²) in [6.45, 7) is 3.34. The van der Waals surface area contributed by atoms with E-state index < -0.39 is 11.9 Å². The summed E-state index contributed by atoms with van der Waals surface area (Å²) < 4.78 is 0. The van der Waals surface area contributed by atoms with Crippen molar-refractivity contribution in [3.8, 4) is 0 Å². The van der Waals surface area contributed by atoms with Gasteiger partial charge in [-0.05, 0) is 12.8 Å². The minimum absolute atomic E-state index is 0.833. The molecule has 0 rings (SSSR count). The maximum atomic E-state index is 10.2. The average Bonchev–Trinajstić information content (AvgIpc) is 2.50. The van der Waals surface area contributed by atoms with Crippen LogP contribution in [0, 0.1) is 0 Å². The van der Waals surface area contributed by atoms with Gasteiger partial charge in [0.15, 0.2) is 0 Å². The van der Waals surface area contributed by atoms with Crippen molar-refractivity contribution in [2.24, 2.45) is 0 Å². The summed E-state index contributed by atoms with van der Waals surface area (Å²) in [5, 5.41) is 15.8. The summed E-state index contributed by atoms with van der Waals surface area (Å²) in [5.74, 6) is -1.74. The summed E-state index contributed by atoms with van der Waals surface area (Å²) in [7, 11) is 0. The smallest absolute Gasteiger partial charge is 0.328 e. The largest absolute Gasteiger partial charge is 0.481 e. The molecule has 4 heteroatoms. The molecule has 0 aromatic heterocycles. The first-order valence-corrected chi connectivity index (χ1v) is 8.93. The fraction of sp³-hybridized carbons (Fsp3) is 0.600. The van der Waals surface area contributed by atoms with Crippen molar-refractivity contribution >= 4 is 11.9 Å². The minimum atomic E-state index is -0.909. The first-order valence-electron chi connectivity index (χ1n) is 8.93. The second kappa shape index (κ2) is 21.2. The van der Waals surface area contributed by atoms with Gasteiger partial charge in [0.1, 0.15) is 0 Å². The van der Waals surface area contributed by atoms with Gasteiger partial charge in [-0.2, -0.15) is 0 Å². The van der Waals surface area contributed by atoms with E-state index in [1.54, 1.807) is 6.08 Å². The maximum Gasteiger partial charge on any atom is 0.328 e. The van der Waals surface area contributed by atoms with Crippen LogP contribution in [-0.4, -0.2) is 22.2 Å². The number of aliphatic carboxylic acids is 2. The van der Waals surface area contributed by atoms with Crippen LogP contribution in [0.3, 0.4) is 0 Å². The molecule has 0 radical (unpaired) electrons. The SMILES string of the molecule is CC(=O)O.CCCCCCCCCCCC=CC=CC=CC(=O)O. The van der Waals surface area contributed by atoms with E-state index in [4.69, 9.17) is 15.0 Å². The topological polar surface area (TPSA) is 74.6 Å². The fourth-order valence-corrected chi connectivity index (χ4v) is 2.01. The normalized spacial score (nSPS) is 11.1. The predicted molar refractivity (Wildman–Crippen MR) is 100 cm³/mol. The molecule has 0 saturated heterocycles. The highest BCUT2D eigenvalue weighted by Gasteiger charge is 1.90. The van der Waals surface area contributed by atoms with E-state index >= 15 is 0 Å². The number of carboxylic acid groups (broad SMARTS) is 2. The van der Waals surface area contributed by atoms with Crippen molar-refractivity contribution in [2.45, 2.75) is 78.1 Å². The zero-order chi connectivity index (χ0) is 18.5. The molecule has 138 valence electrons. The molecule has 0 aromatic rings. The summed E-state index contributed by atoms with van der Waals surface area (Å²) in [5.41, 5.74) is 0. The van der Waals surface area contributed by atoms with Gasteiger partial charge in [-0.25, -0.2) is 4.79 Å². The van der Waals surface area contributed by atoms with Gasteiger partial charge < -0.3 is 10.2 Å². The quantitative estimate of drug-likeness (QED) is 0.255. The Kier molecular flexibility index (Phi) is 21.5. The van der Waals surface area contributed by atoms with Gasteiger partial charge in [-0.15, -0.1) is 0 Å². The Labute approximate surface area is 147 Å². The molecule has 0 aromatic carbocycles. The van der Waals surface area contributed by atoms with Gasteiger partial charge in [0.25, 0.3) is 5.97 Å². The van der Waals surface area contributed by atoms with Crippen LogP contribution in [0.4, 0.5) is 0 Å². The summed E-state index contributed by atoms with van der Waals surface area (Å²) in [4.78, 5) is 19.2. The third-order valence-corrected chi connectivity index (χ3v) is 3.18. The molecular formula is C20H34O4. The second-order valence-electron chi connectivity index (χ2n) is 5.65. The fourth-order valence-electron chi connectivity index (χ4n) is 2.01. The first-order chi connectivity index (χ1) is 11.5. The number of carbonyl (C=O) groups is 2. The summed E-state index contributed by atoms with van der Waals surface area (Å²) >= 11 is 0. The lowest BCUT2D eigenvalue weighted by Gasteiger charge is -2.00. The number of hydrogen-bond donors (Lipinski definition) is 2.